The summed E-state index contributed by atoms with van der Waals surface area (Å²) in [7, 11) is 1.56. The van der Waals surface area contributed by atoms with Crippen LogP contribution in [0.25, 0.3) is 0 Å². The number of para-hydroxylation sites is 2. The largest absolute Gasteiger partial charge is 0.493 e. The number of nitro groups is 1. The van der Waals surface area contributed by atoms with Crippen molar-refractivity contribution in [2.75, 3.05) is 12.4 Å². The van der Waals surface area contributed by atoms with Crippen LogP contribution >= 0.6 is 0 Å². The van der Waals surface area contributed by atoms with E-state index in [4.69, 9.17) is 9.47 Å². The summed E-state index contributed by atoms with van der Waals surface area (Å²) in [6, 6.07) is 18.4. The molecule has 0 spiro atoms. The van der Waals surface area contributed by atoms with Gasteiger partial charge in [-0.15, -0.1) is 0 Å². The lowest BCUT2D eigenvalue weighted by molar-refractivity contribution is -0.384. The van der Waals surface area contributed by atoms with Gasteiger partial charge in [0.2, 0.25) is 5.91 Å². The Morgan fingerprint density at radius 2 is 1.66 bits per heavy atom. The van der Waals surface area contributed by atoms with E-state index in [2.05, 4.69) is 10.6 Å². The minimum atomic E-state index is -0.869. The Balaban J connectivity index is 1.58. The first-order valence-corrected chi connectivity index (χ1v) is 9.64. The van der Waals surface area contributed by atoms with Crippen LogP contribution in [-0.2, 0) is 4.79 Å². The first-order chi connectivity index (χ1) is 15.4. The number of hydrogen-bond donors (Lipinski definition) is 2. The molecule has 3 rings (SSSR count). The van der Waals surface area contributed by atoms with Gasteiger partial charge in [0.15, 0.2) is 11.5 Å². The van der Waals surface area contributed by atoms with E-state index in [1.54, 1.807) is 43.5 Å². The number of nitrogens with zero attached hydrogens (tertiary/aromatic N) is 1. The van der Waals surface area contributed by atoms with Crippen molar-refractivity contribution in [3.05, 3.63) is 88.5 Å². The molecule has 9 heteroatoms. The summed E-state index contributed by atoms with van der Waals surface area (Å²) in [5.41, 5.74) is 0.403. The van der Waals surface area contributed by atoms with Crippen LogP contribution in [0.4, 0.5) is 11.4 Å². The number of benzene rings is 3. The first kappa shape index (κ1) is 22.3. The smallest absolute Gasteiger partial charge is 0.270 e. The molecule has 0 fully saturated rings. The highest BCUT2D eigenvalue weighted by Crippen LogP contribution is 2.31. The Labute approximate surface area is 184 Å². The number of carbonyl (C=O) groups excluding carboxylic acids is 2. The highest BCUT2D eigenvalue weighted by atomic mass is 16.6. The zero-order valence-corrected chi connectivity index (χ0v) is 17.4. The third-order valence-electron chi connectivity index (χ3n) is 4.48. The van der Waals surface area contributed by atoms with Crippen LogP contribution in [0.3, 0.4) is 0 Å². The molecular formula is C23H21N3O6. The molecule has 0 heterocycles. The van der Waals surface area contributed by atoms with Crippen LogP contribution in [0.2, 0.25) is 0 Å². The highest BCUT2D eigenvalue weighted by Gasteiger charge is 2.18. The van der Waals surface area contributed by atoms with E-state index < -0.39 is 22.8 Å². The van der Waals surface area contributed by atoms with Gasteiger partial charge in [-0.3, -0.25) is 19.7 Å². The number of carbonyl (C=O) groups is 2. The van der Waals surface area contributed by atoms with Crippen molar-refractivity contribution in [3.8, 4) is 17.2 Å². The fourth-order valence-corrected chi connectivity index (χ4v) is 2.79. The Kier molecular flexibility index (Phi) is 7.02. The van der Waals surface area contributed by atoms with E-state index in [1.807, 2.05) is 12.1 Å². The number of rotatable bonds is 8. The van der Waals surface area contributed by atoms with Crippen molar-refractivity contribution in [2.24, 2.45) is 0 Å². The van der Waals surface area contributed by atoms with Gasteiger partial charge in [0.25, 0.3) is 11.6 Å². The Bertz CT molecular complexity index is 1130. The van der Waals surface area contributed by atoms with E-state index in [9.17, 15) is 19.7 Å². The lowest BCUT2D eigenvalue weighted by atomic mass is 10.1. The van der Waals surface area contributed by atoms with Gasteiger partial charge in [-0.2, -0.15) is 0 Å². The van der Waals surface area contributed by atoms with Crippen LogP contribution in [0.5, 0.6) is 17.2 Å². The van der Waals surface area contributed by atoms with Crippen LogP contribution in [-0.4, -0.2) is 29.9 Å². The second-order valence-electron chi connectivity index (χ2n) is 6.77. The van der Waals surface area contributed by atoms with E-state index in [1.165, 1.54) is 25.1 Å². The topological polar surface area (TPSA) is 120 Å². The molecule has 9 nitrogen and oxygen atoms in total. The summed E-state index contributed by atoms with van der Waals surface area (Å²) in [6.45, 7) is 1.52. The SMILES string of the molecule is COc1ccccc1Oc1ccc(NC(=O)C(C)NC(=O)c2cccc([N+](=O)[O-])c2)cc1. The summed E-state index contributed by atoms with van der Waals surface area (Å²) in [6.07, 6.45) is 0. The molecule has 3 aromatic carbocycles. The Hall–Kier alpha value is -4.40. The molecule has 0 aromatic heterocycles. The van der Waals surface area contributed by atoms with Crippen LogP contribution in [0, 0.1) is 10.1 Å². The van der Waals surface area contributed by atoms with Gasteiger partial charge >= 0.3 is 0 Å². The van der Waals surface area contributed by atoms with E-state index in [0.717, 1.165) is 6.07 Å². The fourth-order valence-electron chi connectivity index (χ4n) is 2.79. The molecule has 0 aliphatic heterocycles. The van der Waals surface area contributed by atoms with Crippen LogP contribution in [0.15, 0.2) is 72.8 Å². The summed E-state index contributed by atoms with van der Waals surface area (Å²) >= 11 is 0. The van der Waals surface area contributed by atoms with Crippen molar-refractivity contribution >= 4 is 23.2 Å². The van der Waals surface area contributed by atoms with Crippen molar-refractivity contribution in [1.29, 1.82) is 0 Å². The lowest BCUT2D eigenvalue weighted by Crippen LogP contribution is -2.41. The predicted molar refractivity (Wildman–Crippen MR) is 118 cm³/mol. The molecular weight excluding hydrogens is 414 g/mol. The third kappa shape index (κ3) is 5.60. The molecule has 0 aliphatic rings. The molecule has 0 saturated carbocycles. The van der Waals surface area contributed by atoms with Crippen molar-refractivity contribution in [1.82, 2.24) is 5.32 Å². The molecule has 0 bridgehead atoms. The van der Waals surface area contributed by atoms with E-state index >= 15 is 0 Å². The molecule has 0 saturated heterocycles. The number of methoxy groups -OCH3 is 1. The number of nitrogens with one attached hydrogen (secondary N) is 2. The molecule has 2 N–H and O–H groups in total. The third-order valence-corrected chi connectivity index (χ3v) is 4.48. The van der Waals surface area contributed by atoms with Crippen molar-refractivity contribution in [3.63, 3.8) is 0 Å². The number of ether oxygens (including phenoxy) is 2. The number of non-ortho nitro benzene ring substituents is 1. The highest BCUT2D eigenvalue weighted by molar-refractivity contribution is 6.01. The fraction of sp³-hybridized carbons (Fsp3) is 0.130. The Morgan fingerprint density at radius 1 is 0.969 bits per heavy atom. The minimum Gasteiger partial charge on any atom is -0.493 e. The quantitative estimate of drug-likeness (QED) is 0.405. The van der Waals surface area contributed by atoms with Crippen LogP contribution in [0.1, 0.15) is 17.3 Å². The zero-order chi connectivity index (χ0) is 23.1. The molecule has 3 aromatic rings. The zero-order valence-electron chi connectivity index (χ0n) is 17.4. The number of nitro benzene ring substituents is 1. The van der Waals surface area contributed by atoms with Crippen molar-refractivity contribution < 1.29 is 24.0 Å². The molecule has 1 unspecified atom stereocenters. The molecule has 2 amide bonds. The summed E-state index contributed by atoms with van der Waals surface area (Å²) < 4.78 is 11.0. The standard InChI is InChI=1S/C23H21N3O6/c1-15(24-23(28)16-6-5-7-18(14-16)26(29)30)22(27)25-17-10-12-19(13-11-17)32-21-9-4-3-8-20(21)31-2/h3-15H,1-2H3,(H,24,28)(H,25,27). The summed E-state index contributed by atoms with van der Waals surface area (Å²) in [5, 5.41) is 16.1. The monoisotopic (exact) mass is 435 g/mol. The first-order valence-electron chi connectivity index (χ1n) is 9.64. The van der Waals surface area contributed by atoms with Crippen LogP contribution < -0.4 is 20.1 Å². The second-order valence-corrected chi connectivity index (χ2v) is 6.77. The van der Waals surface area contributed by atoms with Crippen molar-refractivity contribution in [2.45, 2.75) is 13.0 Å². The van der Waals surface area contributed by atoms with E-state index in [-0.39, 0.29) is 11.3 Å². The number of amides is 2. The molecule has 0 radical (unpaired) electrons. The predicted octanol–water partition coefficient (Wildman–Crippen LogP) is 4.15. The Morgan fingerprint density at radius 3 is 2.31 bits per heavy atom. The lowest BCUT2D eigenvalue weighted by Gasteiger charge is -2.15. The van der Waals surface area contributed by atoms with Gasteiger partial charge in [0.05, 0.1) is 12.0 Å². The number of hydrogen-bond acceptors (Lipinski definition) is 6. The van der Waals surface area contributed by atoms with E-state index in [0.29, 0.717) is 22.9 Å². The maximum absolute atomic E-state index is 12.4. The summed E-state index contributed by atoms with van der Waals surface area (Å²) in [5.74, 6) is 0.682. The summed E-state index contributed by atoms with van der Waals surface area (Å²) in [4.78, 5) is 35.0. The van der Waals surface area contributed by atoms with Gasteiger partial charge < -0.3 is 20.1 Å². The molecule has 1 atom stereocenters. The molecule has 164 valence electrons. The minimum absolute atomic E-state index is 0.0942. The molecule has 32 heavy (non-hydrogen) atoms. The average molecular weight is 435 g/mol. The normalized spacial score (nSPS) is 11.2. The van der Waals surface area contributed by atoms with Gasteiger partial charge in [-0.05, 0) is 49.4 Å². The second kappa shape index (κ2) is 10.1. The maximum Gasteiger partial charge on any atom is 0.270 e. The van der Waals surface area contributed by atoms with Gasteiger partial charge in [0.1, 0.15) is 11.8 Å². The van der Waals surface area contributed by atoms with Gasteiger partial charge in [0, 0.05) is 23.4 Å². The van der Waals surface area contributed by atoms with Gasteiger partial charge in [-0.25, -0.2) is 0 Å². The molecule has 0 aliphatic carbocycles. The van der Waals surface area contributed by atoms with Gasteiger partial charge in [-0.1, -0.05) is 18.2 Å². The maximum atomic E-state index is 12.4. The average Bonchev–Trinajstić information content (AvgIpc) is 2.80. The number of anilines is 1.